The maximum Gasteiger partial charge on any atom is 0.246 e. The molecule has 1 N–H and O–H groups in total. The first-order valence-electron chi connectivity index (χ1n) is 8.28. The molecule has 2 heterocycles. The molecule has 0 bridgehead atoms. The second kappa shape index (κ2) is 6.55. The number of rotatable bonds is 4. The van der Waals surface area contributed by atoms with E-state index in [1.165, 1.54) is 0 Å². The Morgan fingerprint density at radius 1 is 1.00 bits per heavy atom. The Bertz CT molecular complexity index is 918. The maximum atomic E-state index is 12.3. The summed E-state index contributed by atoms with van der Waals surface area (Å²) in [6.45, 7) is 10.2. The molecule has 0 radical (unpaired) electrons. The van der Waals surface area contributed by atoms with Crippen molar-refractivity contribution < 1.29 is 4.79 Å². The molecule has 3 aromatic rings. The van der Waals surface area contributed by atoms with E-state index in [1.807, 2.05) is 69.8 Å². The molecular weight excluding hydrogens is 314 g/mol. The van der Waals surface area contributed by atoms with E-state index in [2.05, 4.69) is 15.4 Å². The van der Waals surface area contributed by atoms with Gasteiger partial charge < -0.3 is 9.88 Å². The zero-order chi connectivity index (χ0) is 18.1. The minimum Gasteiger partial charge on any atom is -0.324 e. The van der Waals surface area contributed by atoms with Gasteiger partial charge in [0.2, 0.25) is 5.91 Å². The SMILES string of the molecule is Cc1nn(CC(=O)Nc2ccc(-n3cnc(C)c3C)cc2)c(C)c1C. The quantitative estimate of drug-likeness (QED) is 0.795. The van der Waals surface area contributed by atoms with E-state index in [4.69, 9.17) is 0 Å². The summed E-state index contributed by atoms with van der Waals surface area (Å²) in [4.78, 5) is 16.6. The van der Waals surface area contributed by atoms with Gasteiger partial charge in [-0.05, 0) is 64.4 Å². The summed E-state index contributed by atoms with van der Waals surface area (Å²) >= 11 is 0. The van der Waals surface area contributed by atoms with Crippen molar-refractivity contribution in [2.75, 3.05) is 5.32 Å². The number of imidazole rings is 1. The van der Waals surface area contributed by atoms with Gasteiger partial charge in [0.1, 0.15) is 6.54 Å². The second-order valence-corrected chi connectivity index (χ2v) is 6.33. The first-order chi connectivity index (χ1) is 11.9. The predicted molar refractivity (Wildman–Crippen MR) is 98.1 cm³/mol. The normalized spacial score (nSPS) is 10.9. The highest BCUT2D eigenvalue weighted by atomic mass is 16.2. The first kappa shape index (κ1) is 17.0. The van der Waals surface area contributed by atoms with E-state index in [0.29, 0.717) is 0 Å². The number of anilines is 1. The van der Waals surface area contributed by atoms with Crippen LogP contribution < -0.4 is 5.32 Å². The molecule has 0 unspecified atom stereocenters. The monoisotopic (exact) mass is 337 g/mol. The van der Waals surface area contributed by atoms with Crippen LogP contribution in [0.1, 0.15) is 28.3 Å². The lowest BCUT2D eigenvalue weighted by atomic mass is 10.2. The van der Waals surface area contributed by atoms with E-state index in [-0.39, 0.29) is 12.5 Å². The molecule has 1 aromatic carbocycles. The van der Waals surface area contributed by atoms with Gasteiger partial charge in [-0.1, -0.05) is 0 Å². The van der Waals surface area contributed by atoms with Crippen molar-refractivity contribution >= 4 is 11.6 Å². The van der Waals surface area contributed by atoms with Crippen molar-refractivity contribution in [2.24, 2.45) is 0 Å². The number of benzene rings is 1. The van der Waals surface area contributed by atoms with Crippen molar-refractivity contribution in [1.82, 2.24) is 19.3 Å². The first-order valence-corrected chi connectivity index (χ1v) is 8.28. The molecule has 0 aliphatic carbocycles. The molecule has 3 rings (SSSR count). The van der Waals surface area contributed by atoms with E-state index in [0.717, 1.165) is 39.7 Å². The number of nitrogens with one attached hydrogen (secondary N) is 1. The van der Waals surface area contributed by atoms with Gasteiger partial charge in [-0.25, -0.2) is 4.98 Å². The maximum absolute atomic E-state index is 12.3. The van der Waals surface area contributed by atoms with Crippen LogP contribution in [0.3, 0.4) is 0 Å². The van der Waals surface area contributed by atoms with Gasteiger partial charge in [0.05, 0.1) is 17.7 Å². The van der Waals surface area contributed by atoms with E-state index < -0.39 is 0 Å². The number of hydrogen-bond acceptors (Lipinski definition) is 3. The molecule has 0 aliphatic rings. The van der Waals surface area contributed by atoms with Gasteiger partial charge in [0.15, 0.2) is 0 Å². The number of carbonyl (C=O) groups excluding carboxylic acids is 1. The number of amides is 1. The van der Waals surface area contributed by atoms with Gasteiger partial charge in [0, 0.05) is 22.8 Å². The molecule has 130 valence electrons. The zero-order valence-corrected chi connectivity index (χ0v) is 15.3. The Balaban J connectivity index is 1.70. The highest BCUT2D eigenvalue weighted by Crippen LogP contribution is 2.17. The summed E-state index contributed by atoms with van der Waals surface area (Å²) in [5.41, 5.74) is 7.01. The molecule has 0 aliphatic heterocycles. The molecule has 0 saturated heterocycles. The third-order valence-corrected chi connectivity index (χ3v) is 4.72. The lowest BCUT2D eigenvalue weighted by molar-refractivity contribution is -0.116. The van der Waals surface area contributed by atoms with Crippen LogP contribution in [-0.2, 0) is 11.3 Å². The third kappa shape index (κ3) is 3.33. The molecule has 0 atom stereocenters. The summed E-state index contributed by atoms with van der Waals surface area (Å²) in [5.74, 6) is -0.0898. The zero-order valence-electron chi connectivity index (χ0n) is 15.3. The summed E-state index contributed by atoms with van der Waals surface area (Å²) in [6.07, 6.45) is 1.81. The van der Waals surface area contributed by atoms with Crippen LogP contribution in [0.4, 0.5) is 5.69 Å². The molecule has 25 heavy (non-hydrogen) atoms. The van der Waals surface area contributed by atoms with Crippen LogP contribution in [0, 0.1) is 34.6 Å². The Morgan fingerprint density at radius 3 is 2.20 bits per heavy atom. The number of aryl methyl sites for hydroxylation is 2. The molecule has 6 nitrogen and oxygen atoms in total. The predicted octanol–water partition coefficient (Wildman–Crippen LogP) is 3.25. The van der Waals surface area contributed by atoms with Gasteiger partial charge in [0.25, 0.3) is 0 Å². The molecular formula is C19H23N5O. The highest BCUT2D eigenvalue weighted by Gasteiger charge is 2.11. The van der Waals surface area contributed by atoms with E-state index >= 15 is 0 Å². The Hall–Kier alpha value is -2.89. The molecule has 1 amide bonds. The summed E-state index contributed by atoms with van der Waals surface area (Å²) < 4.78 is 3.77. The van der Waals surface area contributed by atoms with Crippen molar-refractivity contribution in [2.45, 2.75) is 41.2 Å². The van der Waals surface area contributed by atoms with Gasteiger partial charge in [-0.2, -0.15) is 5.10 Å². The van der Waals surface area contributed by atoms with Crippen LogP contribution in [-0.4, -0.2) is 25.2 Å². The lowest BCUT2D eigenvalue weighted by Crippen LogP contribution is -2.20. The van der Waals surface area contributed by atoms with E-state index in [9.17, 15) is 4.79 Å². The van der Waals surface area contributed by atoms with Crippen molar-refractivity contribution in [3.8, 4) is 5.69 Å². The van der Waals surface area contributed by atoms with Gasteiger partial charge in [-0.15, -0.1) is 0 Å². The van der Waals surface area contributed by atoms with Crippen molar-refractivity contribution in [3.63, 3.8) is 0 Å². The minimum atomic E-state index is -0.0898. The van der Waals surface area contributed by atoms with Crippen LogP contribution in [0.2, 0.25) is 0 Å². The standard InChI is InChI=1S/C19H23N5O/c1-12-13(2)22-24(15(12)4)10-19(25)21-17-6-8-18(9-7-17)23-11-20-14(3)16(23)5/h6-9,11H,10H2,1-5H3,(H,21,25). The molecule has 0 fully saturated rings. The molecule has 6 heteroatoms. The Kier molecular flexibility index (Phi) is 4.44. The summed E-state index contributed by atoms with van der Waals surface area (Å²) in [7, 11) is 0. The second-order valence-electron chi connectivity index (χ2n) is 6.33. The minimum absolute atomic E-state index is 0.0898. The Morgan fingerprint density at radius 2 is 1.68 bits per heavy atom. The van der Waals surface area contributed by atoms with Crippen molar-refractivity contribution in [3.05, 3.63) is 58.9 Å². The number of carbonyl (C=O) groups is 1. The number of hydrogen-bond donors (Lipinski definition) is 1. The molecule has 0 saturated carbocycles. The van der Waals surface area contributed by atoms with Crippen molar-refractivity contribution in [1.29, 1.82) is 0 Å². The summed E-state index contributed by atoms with van der Waals surface area (Å²) in [5, 5.41) is 7.32. The fourth-order valence-corrected chi connectivity index (χ4v) is 2.74. The third-order valence-electron chi connectivity index (χ3n) is 4.72. The van der Waals surface area contributed by atoms with Crippen LogP contribution in [0.25, 0.3) is 5.69 Å². The topological polar surface area (TPSA) is 64.7 Å². The lowest BCUT2D eigenvalue weighted by Gasteiger charge is -2.09. The molecule has 2 aromatic heterocycles. The van der Waals surface area contributed by atoms with Crippen LogP contribution in [0.5, 0.6) is 0 Å². The van der Waals surface area contributed by atoms with Crippen LogP contribution in [0.15, 0.2) is 30.6 Å². The largest absolute Gasteiger partial charge is 0.324 e. The number of aromatic nitrogens is 4. The smallest absolute Gasteiger partial charge is 0.246 e. The fourth-order valence-electron chi connectivity index (χ4n) is 2.74. The van der Waals surface area contributed by atoms with Crippen LogP contribution >= 0.6 is 0 Å². The van der Waals surface area contributed by atoms with Gasteiger partial charge >= 0.3 is 0 Å². The fraction of sp³-hybridized carbons (Fsp3) is 0.316. The summed E-state index contributed by atoms with van der Waals surface area (Å²) in [6, 6.07) is 7.73. The number of nitrogens with zero attached hydrogens (tertiary/aromatic N) is 4. The average molecular weight is 337 g/mol. The molecule has 0 spiro atoms. The van der Waals surface area contributed by atoms with Gasteiger partial charge in [-0.3, -0.25) is 9.48 Å². The van der Waals surface area contributed by atoms with E-state index in [1.54, 1.807) is 4.68 Å². The Labute approximate surface area is 147 Å². The highest BCUT2D eigenvalue weighted by molar-refractivity contribution is 5.90. The average Bonchev–Trinajstić information content (AvgIpc) is 3.03.